The van der Waals surface area contributed by atoms with Crippen LogP contribution < -0.4 is 10.5 Å². The van der Waals surface area contributed by atoms with Crippen LogP contribution >= 0.6 is 11.9 Å². The fourth-order valence-electron chi connectivity index (χ4n) is 3.78. The summed E-state index contributed by atoms with van der Waals surface area (Å²) in [7, 11) is 0. The molecule has 3 N–H and O–H groups in total. The summed E-state index contributed by atoms with van der Waals surface area (Å²) in [4.78, 5) is 19.1. The highest BCUT2D eigenvalue weighted by Gasteiger charge is 2.42. The molecule has 6 nitrogen and oxygen atoms in total. The van der Waals surface area contributed by atoms with Gasteiger partial charge in [-0.25, -0.2) is 4.79 Å². The molecular weight excluding hydrogens is 360 g/mol. The average Bonchev–Trinajstić information content (AvgIpc) is 2.86. The van der Waals surface area contributed by atoms with Crippen LogP contribution in [-0.2, 0) is 4.74 Å². The van der Waals surface area contributed by atoms with Crippen LogP contribution in [0, 0.1) is 5.92 Å². The molecule has 2 aliphatic rings. The monoisotopic (exact) mass is 396 g/mol. The molecule has 1 amide bonds. The van der Waals surface area contributed by atoms with Crippen molar-refractivity contribution in [1.29, 1.82) is 0 Å². The Morgan fingerprint density at radius 1 is 1.41 bits per heavy atom. The van der Waals surface area contributed by atoms with Crippen LogP contribution in [0.3, 0.4) is 0 Å². The van der Waals surface area contributed by atoms with Crippen LogP contribution in [-0.4, -0.2) is 41.1 Å². The Balaban J connectivity index is 1.80. The number of amidine groups is 1. The van der Waals surface area contributed by atoms with E-state index in [1.54, 1.807) is 0 Å². The van der Waals surface area contributed by atoms with Crippen molar-refractivity contribution in [3.63, 3.8) is 0 Å². The predicted molar refractivity (Wildman–Crippen MR) is 114 cm³/mol. The maximum Gasteiger partial charge on any atom is 0.410 e. The molecule has 1 fully saturated rings. The summed E-state index contributed by atoms with van der Waals surface area (Å²) in [6.45, 7) is 13.7. The number of carbonyl (C=O) groups excluding carboxylic acids is 1. The van der Waals surface area contributed by atoms with Gasteiger partial charge in [0.25, 0.3) is 0 Å². The van der Waals surface area contributed by atoms with E-state index >= 15 is 0 Å². The molecule has 0 aromatic heterocycles. The van der Waals surface area contributed by atoms with Crippen molar-refractivity contribution in [2.45, 2.75) is 84.8 Å². The maximum absolute atomic E-state index is 12.5. The second kappa shape index (κ2) is 8.86. The van der Waals surface area contributed by atoms with Crippen molar-refractivity contribution in [3.8, 4) is 0 Å². The van der Waals surface area contributed by atoms with Crippen molar-refractivity contribution in [2.75, 3.05) is 13.1 Å². The third-order valence-corrected chi connectivity index (χ3v) is 5.83. The molecule has 1 saturated heterocycles. The van der Waals surface area contributed by atoms with Crippen LogP contribution in [0.4, 0.5) is 4.79 Å². The Morgan fingerprint density at radius 2 is 2.11 bits per heavy atom. The fourth-order valence-corrected chi connectivity index (χ4v) is 4.26. The molecule has 0 saturated carbocycles. The first-order chi connectivity index (χ1) is 12.5. The number of carbonyl (C=O) groups is 1. The molecule has 2 heterocycles. The van der Waals surface area contributed by atoms with Crippen molar-refractivity contribution in [1.82, 2.24) is 10.2 Å². The number of nitrogens with zero attached hydrogens (tertiary/aromatic N) is 2. The van der Waals surface area contributed by atoms with E-state index in [1.165, 1.54) is 17.5 Å². The normalized spacial score (nSPS) is 24.3. The molecule has 154 valence electrons. The van der Waals surface area contributed by atoms with E-state index in [2.05, 4.69) is 26.1 Å². The van der Waals surface area contributed by atoms with Crippen molar-refractivity contribution in [2.24, 2.45) is 16.0 Å². The number of hydrogen-bond acceptors (Lipinski definition) is 5. The van der Waals surface area contributed by atoms with Crippen LogP contribution in [0.25, 0.3) is 0 Å². The van der Waals surface area contributed by atoms with Gasteiger partial charge in [-0.05, 0) is 90.7 Å². The standard InChI is InChI=1S/C20H36N4O2S/c1-14-9-10-16(23-17(14)27-21)22-11-7-8-15-12-20(5,6)24(13-15)18(25)26-19(2,3)4/h15H,7-13,21H2,1-6H3,(H,22,23). The van der Waals surface area contributed by atoms with Crippen LogP contribution in [0.1, 0.15) is 73.6 Å². The topological polar surface area (TPSA) is 80.0 Å². The number of nitrogens with one attached hydrogen (secondary N) is 1. The highest BCUT2D eigenvalue weighted by molar-refractivity contribution is 8.00. The van der Waals surface area contributed by atoms with Crippen LogP contribution in [0.15, 0.2) is 15.6 Å². The van der Waals surface area contributed by atoms with Gasteiger partial charge in [0.15, 0.2) is 0 Å². The zero-order valence-electron chi connectivity index (χ0n) is 17.7. The van der Waals surface area contributed by atoms with Gasteiger partial charge >= 0.3 is 6.09 Å². The lowest BCUT2D eigenvalue weighted by atomic mass is 9.93. The smallest absolute Gasteiger partial charge is 0.410 e. The lowest BCUT2D eigenvalue weighted by molar-refractivity contribution is 0.0131. The molecule has 2 rings (SSSR count). The molecule has 0 aromatic carbocycles. The molecule has 1 unspecified atom stereocenters. The first kappa shape index (κ1) is 22.1. The Kier molecular flexibility index (Phi) is 7.25. The van der Waals surface area contributed by atoms with Gasteiger partial charge in [0.1, 0.15) is 11.4 Å². The van der Waals surface area contributed by atoms with Gasteiger partial charge in [0.2, 0.25) is 0 Å². The number of allylic oxidation sites excluding steroid dienone is 1. The van der Waals surface area contributed by atoms with Crippen molar-refractivity contribution < 1.29 is 9.53 Å². The van der Waals surface area contributed by atoms with Gasteiger partial charge in [0.05, 0.1) is 5.03 Å². The molecule has 7 heteroatoms. The van der Waals surface area contributed by atoms with Gasteiger partial charge < -0.3 is 15.0 Å². The molecular formula is C20H36N4O2S. The van der Waals surface area contributed by atoms with E-state index in [-0.39, 0.29) is 11.6 Å². The lowest BCUT2D eigenvalue weighted by Crippen LogP contribution is -2.45. The molecule has 0 aromatic rings. The second-order valence-electron chi connectivity index (χ2n) is 9.30. The molecule has 0 bridgehead atoms. The summed E-state index contributed by atoms with van der Waals surface area (Å²) in [6, 6.07) is 0. The number of ether oxygens (including phenoxy) is 1. The fraction of sp³-hybridized carbons (Fsp3) is 0.800. The Bertz CT molecular complexity index is 608. The molecule has 27 heavy (non-hydrogen) atoms. The number of rotatable bonds is 5. The lowest BCUT2D eigenvalue weighted by Gasteiger charge is -2.33. The highest BCUT2D eigenvalue weighted by Crippen LogP contribution is 2.36. The van der Waals surface area contributed by atoms with Gasteiger partial charge in [-0.2, -0.15) is 0 Å². The van der Waals surface area contributed by atoms with E-state index in [0.29, 0.717) is 5.92 Å². The van der Waals surface area contributed by atoms with E-state index in [1.807, 2.05) is 25.7 Å². The highest BCUT2D eigenvalue weighted by atomic mass is 32.2. The van der Waals surface area contributed by atoms with Gasteiger partial charge in [-0.1, -0.05) is 0 Å². The summed E-state index contributed by atoms with van der Waals surface area (Å²) in [5, 5.41) is 10.1. The summed E-state index contributed by atoms with van der Waals surface area (Å²) >= 11 is 1.26. The maximum atomic E-state index is 12.5. The largest absolute Gasteiger partial charge is 0.444 e. The minimum atomic E-state index is -0.457. The predicted octanol–water partition coefficient (Wildman–Crippen LogP) is 4.42. The van der Waals surface area contributed by atoms with Gasteiger partial charge in [-0.3, -0.25) is 10.1 Å². The van der Waals surface area contributed by atoms with E-state index in [4.69, 9.17) is 14.9 Å². The number of hydrogen-bond donors (Lipinski definition) is 2. The molecule has 0 aliphatic carbocycles. The third kappa shape index (κ3) is 6.42. The average molecular weight is 397 g/mol. The van der Waals surface area contributed by atoms with Crippen molar-refractivity contribution >= 4 is 23.9 Å². The van der Waals surface area contributed by atoms with Gasteiger partial charge in [-0.15, -0.1) is 0 Å². The molecule has 1 atom stereocenters. The van der Waals surface area contributed by atoms with E-state index < -0.39 is 5.60 Å². The van der Waals surface area contributed by atoms with Crippen molar-refractivity contribution in [3.05, 3.63) is 10.6 Å². The SMILES string of the molecule is CC1=C(SN)NC(=NCCCC2CN(C(=O)OC(C)(C)C)C(C)(C)C2)CC1. The first-order valence-corrected chi connectivity index (χ1v) is 10.8. The number of amides is 1. The molecule has 2 aliphatic heterocycles. The number of aliphatic imine (C=N–C) groups is 1. The molecule has 0 radical (unpaired) electrons. The Hall–Kier alpha value is -1.21. The van der Waals surface area contributed by atoms with Crippen LogP contribution in [0.5, 0.6) is 0 Å². The van der Waals surface area contributed by atoms with Crippen LogP contribution in [0.2, 0.25) is 0 Å². The Morgan fingerprint density at radius 3 is 2.74 bits per heavy atom. The second-order valence-corrected chi connectivity index (χ2v) is 9.94. The summed E-state index contributed by atoms with van der Waals surface area (Å²) in [5.41, 5.74) is 0.693. The summed E-state index contributed by atoms with van der Waals surface area (Å²) in [5.74, 6) is 1.54. The van der Waals surface area contributed by atoms with E-state index in [0.717, 1.165) is 56.1 Å². The minimum Gasteiger partial charge on any atom is -0.444 e. The quantitative estimate of drug-likeness (QED) is 0.531. The molecule has 0 spiro atoms. The zero-order chi connectivity index (χ0) is 20.2. The summed E-state index contributed by atoms with van der Waals surface area (Å²) < 4.78 is 5.58. The third-order valence-electron chi connectivity index (χ3n) is 5.15. The number of likely N-dealkylation sites (tertiary alicyclic amines) is 1. The number of nitrogens with two attached hydrogens (primary N) is 1. The minimum absolute atomic E-state index is 0.153. The van der Waals surface area contributed by atoms with Gasteiger partial charge in [0, 0.05) is 25.0 Å². The first-order valence-electron chi connectivity index (χ1n) is 9.89. The zero-order valence-corrected chi connectivity index (χ0v) is 18.5. The van der Waals surface area contributed by atoms with E-state index in [9.17, 15) is 4.79 Å². The summed E-state index contributed by atoms with van der Waals surface area (Å²) in [6.07, 6.45) is 4.90. The Labute approximate surface area is 168 Å².